The molecule has 0 aliphatic heterocycles. The third-order valence-corrected chi connectivity index (χ3v) is 6.85. The van der Waals surface area contributed by atoms with Crippen LogP contribution < -0.4 is 5.73 Å². The summed E-state index contributed by atoms with van der Waals surface area (Å²) in [5.41, 5.74) is 13.3. The second-order valence-corrected chi connectivity index (χ2v) is 9.80. The Morgan fingerprint density at radius 1 is 1.00 bits per heavy atom. The van der Waals surface area contributed by atoms with Gasteiger partial charge in [0, 0.05) is 17.9 Å². The topological polar surface area (TPSA) is 74.4 Å². The zero-order valence-electron chi connectivity index (χ0n) is 19.4. The highest BCUT2D eigenvalue weighted by molar-refractivity contribution is 7.53. The van der Waals surface area contributed by atoms with Crippen LogP contribution in [0.3, 0.4) is 0 Å². The van der Waals surface area contributed by atoms with Crippen LogP contribution in [0.5, 0.6) is 0 Å². The van der Waals surface area contributed by atoms with Gasteiger partial charge in [0.2, 0.25) is 0 Å². The molecule has 2 aromatic rings. The number of aromatic nitrogens is 1. The molecule has 0 atom stereocenters. The van der Waals surface area contributed by atoms with Crippen LogP contribution in [0.15, 0.2) is 24.3 Å². The average Bonchev–Trinajstić information content (AvgIpc) is 2.64. The number of halogens is 2. The largest absolute Gasteiger partial charge is 0.335 e. The van der Waals surface area contributed by atoms with Crippen LogP contribution in [-0.4, -0.2) is 18.2 Å². The third-order valence-electron chi connectivity index (χ3n) is 4.84. The molecule has 0 aliphatic rings. The van der Waals surface area contributed by atoms with Gasteiger partial charge >= 0.3 is 7.60 Å². The van der Waals surface area contributed by atoms with E-state index in [9.17, 15) is 4.57 Å². The quantitative estimate of drug-likeness (QED) is 0.378. The van der Waals surface area contributed by atoms with Gasteiger partial charge in [-0.15, -0.1) is 24.8 Å². The lowest BCUT2D eigenvalue weighted by molar-refractivity contribution is 0.219. The molecule has 0 fully saturated rings. The maximum absolute atomic E-state index is 13.3. The Morgan fingerprint density at radius 2 is 1.55 bits per heavy atom. The number of hydrogen-bond acceptors (Lipinski definition) is 5. The molecule has 5 nitrogen and oxygen atoms in total. The van der Waals surface area contributed by atoms with E-state index in [-0.39, 0.29) is 31.0 Å². The first-order chi connectivity index (χ1) is 13.7. The number of nitrogens with two attached hydrogens (primary N) is 1. The van der Waals surface area contributed by atoms with E-state index in [1.807, 2.05) is 20.8 Å². The van der Waals surface area contributed by atoms with Crippen molar-refractivity contribution >= 4 is 32.4 Å². The molecule has 1 heterocycles. The lowest BCUT2D eigenvalue weighted by Crippen LogP contribution is -2.14. The van der Waals surface area contributed by atoms with Crippen LogP contribution in [0.4, 0.5) is 0 Å². The molecule has 0 saturated carbocycles. The summed E-state index contributed by atoms with van der Waals surface area (Å²) in [7, 11) is -3.28. The first-order valence-corrected chi connectivity index (χ1v) is 12.1. The second-order valence-electron chi connectivity index (χ2n) is 7.75. The molecule has 2 rings (SSSR count). The van der Waals surface area contributed by atoms with Crippen molar-refractivity contribution in [3.8, 4) is 11.1 Å². The fraction of sp³-hybridized carbons (Fsp3) is 0.522. The van der Waals surface area contributed by atoms with E-state index in [0.29, 0.717) is 25.7 Å². The Labute approximate surface area is 199 Å². The van der Waals surface area contributed by atoms with E-state index in [1.54, 1.807) is 0 Å². The van der Waals surface area contributed by atoms with Crippen LogP contribution in [0.25, 0.3) is 11.1 Å². The Morgan fingerprint density at radius 3 is 2.00 bits per heavy atom. The molecule has 2 N–H and O–H groups in total. The van der Waals surface area contributed by atoms with E-state index >= 15 is 0 Å². The predicted octanol–water partition coefficient (Wildman–Crippen LogP) is 6.63. The van der Waals surface area contributed by atoms with Crippen molar-refractivity contribution in [3.63, 3.8) is 0 Å². The van der Waals surface area contributed by atoms with Crippen molar-refractivity contribution in [2.24, 2.45) is 11.7 Å². The Bertz CT molecular complexity index is 864. The van der Waals surface area contributed by atoms with Gasteiger partial charge in [0.1, 0.15) is 0 Å². The predicted molar refractivity (Wildman–Crippen MR) is 135 cm³/mol. The van der Waals surface area contributed by atoms with Crippen LogP contribution >= 0.6 is 32.4 Å². The van der Waals surface area contributed by atoms with Gasteiger partial charge in [-0.2, -0.15) is 0 Å². The van der Waals surface area contributed by atoms with Gasteiger partial charge in [0.15, 0.2) is 0 Å². The third kappa shape index (κ3) is 7.85. The van der Waals surface area contributed by atoms with Crippen LogP contribution in [0, 0.1) is 19.8 Å². The van der Waals surface area contributed by atoms with Crippen LogP contribution in [0.2, 0.25) is 0 Å². The highest BCUT2D eigenvalue weighted by Crippen LogP contribution is 2.53. The van der Waals surface area contributed by atoms with Gasteiger partial charge in [-0.3, -0.25) is 9.55 Å². The molecule has 8 heteroatoms. The summed E-state index contributed by atoms with van der Waals surface area (Å²) in [6.07, 6.45) is 1.03. The SMILES string of the molecule is CCOP(=O)(Cc1c(C)nc(CC(C)C)c(CN)c1-c1ccc(C)cc1)OCC.Cl.Cl. The lowest BCUT2D eigenvalue weighted by Gasteiger charge is -2.24. The molecular formula is C23H37Cl2N2O3P. The van der Waals surface area contributed by atoms with E-state index in [0.717, 1.165) is 40.1 Å². The van der Waals surface area contributed by atoms with Crippen molar-refractivity contribution in [1.29, 1.82) is 0 Å². The molecule has 1 aromatic carbocycles. The summed E-state index contributed by atoms with van der Waals surface area (Å²) in [6.45, 7) is 13.1. The standard InChI is InChI=1S/C23H35N2O3P.2ClH/c1-7-27-29(26,28-8-2)15-21-18(6)25-22(13-16(3)4)20(14-24)23(21)19-11-9-17(5)10-12-19;;/h9-12,16H,7-8,13-15,24H2,1-6H3;2*1H. The second kappa shape index (κ2) is 13.6. The fourth-order valence-corrected chi connectivity index (χ4v) is 5.42. The minimum atomic E-state index is -3.28. The van der Waals surface area contributed by atoms with Crippen LogP contribution in [-0.2, 0) is 32.7 Å². The van der Waals surface area contributed by atoms with Crippen molar-refractivity contribution in [1.82, 2.24) is 4.98 Å². The smallest absolute Gasteiger partial charge is 0.326 e. The fourth-order valence-electron chi connectivity index (χ4n) is 3.60. The maximum Gasteiger partial charge on any atom is 0.335 e. The molecule has 0 bridgehead atoms. The summed E-state index contributed by atoms with van der Waals surface area (Å²) in [5, 5.41) is 0. The highest BCUT2D eigenvalue weighted by Gasteiger charge is 2.29. The molecule has 0 aliphatic carbocycles. The number of pyridine rings is 1. The Kier molecular flexibility index (Phi) is 13.2. The number of benzene rings is 1. The van der Waals surface area contributed by atoms with Gasteiger partial charge in [0.05, 0.1) is 19.4 Å². The minimum Gasteiger partial charge on any atom is -0.326 e. The normalized spacial score (nSPS) is 11.2. The van der Waals surface area contributed by atoms with Crippen molar-refractivity contribution in [3.05, 3.63) is 52.3 Å². The highest BCUT2D eigenvalue weighted by atomic mass is 35.5. The van der Waals surface area contributed by atoms with E-state index < -0.39 is 7.60 Å². The van der Waals surface area contributed by atoms with Gasteiger partial charge < -0.3 is 14.8 Å². The molecule has 1 aromatic heterocycles. The molecular weight excluding hydrogens is 454 g/mol. The zero-order valence-corrected chi connectivity index (χ0v) is 22.0. The van der Waals surface area contributed by atoms with Crippen LogP contribution in [0.1, 0.15) is 55.8 Å². The van der Waals surface area contributed by atoms with Gasteiger partial charge in [-0.25, -0.2) is 0 Å². The molecule has 176 valence electrons. The average molecular weight is 491 g/mol. The zero-order chi connectivity index (χ0) is 21.6. The van der Waals surface area contributed by atoms with Gasteiger partial charge in [0.25, 0.3) is 0 Å². The van der Waals surface area contributed by atoms with Crippen molar-refractivity contribution in [2.75, 3.05) is 13.2 Å². The molecule has 0 radical (unpaired) electrons. The Hall–Kier alpha value is -0.940. The van der Waals surface area contributed by atoms with Crippen molar-refractivity contribution in [2.45, 2.75) is 60.7 Å². The summed E-state index contributed by atoms with van der Waals surface area (Å²) in [4.78, 5) is 4.88. The summed E-state index contributed by atoms with van der Waals surface area (Å²) < 4.78 is 24.5. The van der Waals surface area contributed by atoms with Gasteiger partial charge in [-0.1, -0.05) is 43.7 Å². The first kappa shape index (κ1) is 30.1. The molecule has 0 amide bonds. The number of aryl methyl sites for hydroxylation is 2. The number of hydrogen-bond donors (Lipinski definition) is 1. The molecule has 0 spiro atoms. The molecule has 31 heavy (non-hydrogen) atoms. The monoisotopic (exact) mass is 490 g/mol. The van der Waals surface area contributed by atoms with E-state index in [1.165, 1.54) is 5.56 Å². The summed E-state index contributed by atoms with van der Waals surface area (Å²) in [6, 6.07) is 8.36. The van der Waals surface area contributed by atoms with Gasteiger partial charge in [-0.05, 0) is 62.3 Å². The maximum atomic E-state index is 13.3. The summed E-state index contributed by atoms with van der Waals surface area (Å²) >= 11 is 0. The van der Waals surface area contributed by atoms with E-state index in [4.69, 9.17) is 19.8 Å². The summed E-state index contributed by atoms with van der Waals surface area (Å²) in [5.74, 6) is 0.460. The molecule has 0 saturated heterocycles. The Balaban J connectivity index is 0.00000450. The first-order valence-electron chi connectivity index (χ1n) is 10.4. The van der Waals surface area contributed by atoms with E-state index in [2.05, 4.69) is 45.0 Å². The lowest BCUT2D eigenvalue weighted by atomic mass is 9.90. The molecule has 0 unspecified atom stereocenters. The van der Waals surface area contributed by atoms with Crippen molar-refractivity contribution < 1.29 is 13.6 Å². The number of nitrogens with zero attached hydrogens (tertiary/aromatic N) is 1. The minimum absolute atomic E-state index is 0. The number of rotatable bonds is 10.